The van der Waals surface area contributed by atoms with Gasteiger partial charge in [-0.25, -0.2) is 9.48 Å². The Bertz CT molecular complexity index is 1150. The molecule has 2 aromatic carbocycles. The molecule has 0 bridgehead atoms. The largest absolute Gasteiger partial charge is 0.465 e. The van der Waals surface area contributed by atoms with Crippen molar-refractivity contribution < 1.29 is 15.0 Å². The molecule has 0 radical (unpaired) electrons. The zero-order chi connectivity index (χ0) is 24.9. The van der Waals surface area contributed by atoms with Gasteiger partial charge in [0.05, 0.1) is 17.3 Å². The van der Waals surface area contributed by atoms with E-state index in [1.54, 1.807) is 27.0 Å². The number of rotatable bonds is 9. The molecular formula is C27H33N3O4. The molecule has 0 saturated carbocycles. The van der Waals surface area contributed by atoms with Gasteiger partial charge in [-0.15, -0.1) is 0 Å². The van der Waals surface area contributed by atoms with Gasteiger partial charge in [-0.3, -0.25) is 4.79 Å². The van der Waals surface area contributed by atoms with Gasteiger partial charge in [0.1, 0.15) is 0 Å². The Hall–Kier alpha value is -3.45. The van der Waals surface area contributed by atoms with Crippen molar-refractivity contribution in [2.45, 2.75) is 51.2 Å². The molecule has 34 heavy (non-hydrogen) atoms. The Labute approximate surface area is 200 Å². The third-order valence-corrected chi connectivity index (χ3v) is 6.10. The van der Waals surface area contributed by atoms with Crippen LogP contribution in [0.1, 0.15) is 56.7 Å². The molecule has 0 aliphatic carbocycles. The summed E-state index contributed by atoms with van der Waals surface area (Å²) in [6, 6.07) is 20.3. The Kier molecular flexibility index (Phi) is 7.89. The van der Waals surface area contributed by atoms with E-state index in [4.69, 9.17) is 0 Å². The summed E-state index contributed by atoms with van der Waals surface area (Å²) >= 11 is 0. The molecule has 1 heterocycles. The molecule has 0 fully saturated rings. The highest BCUT2D eigenvalue weighted by molar-refractivity contribution is 5.66. The minimum Gasteiger partial charge on any atom is -0.465 e. The molecule has 0 saturated heterocycles. The third-order valence-electron chi connectivity index (χ3n) is 6.10. The monoisotopic (exact) mass is 463 g/mol. The maximum atomic E-state index is 12.1. The number of nitrogens with zero attached hydrogens (tertiary/aromatic N) is 3. The number of aryl methyl sites for hydroxylation is 1. The van der Waals surface area contributed by atoms with Gasteiger partial charge in [-0.05, 0) is 56.7 Å². The Morgan fingerprint density at radius 1 is 1.03 bits per heavy atom. The molecule has 0 aliphatic heterocycles. The van der Waals surface area contributed by atoms with Crippen molar-refractivity contribution in [2.75, 3.05) is 6.54 Å². The molecule has 2 atom stereocenters. The number of hydrogen-bond acceptors (Lipinski definition) is 4. The van der Waals surface area contributed by atoms with Crippen LogP contribution in [-0.4, -0.2) is 43.1 Å². The van der Waals surface area contributed by atoms with Crippen LogP contribution in [0.5, 0.6) is 0 Å². The number of aromatic nitrogens is 2. The van der Waals surface area contributed by atoms with Crippen LogP contribution in [0.2, 0.25) is 0 Å². The van der Waals surface area contributed by atoms with E-state index in [9.17, 15) is 19.8 Å². The Balaban J connectivity index is 1.76. The topological polar surface area (TPSA) is 95.7 Å². The Morgan fingerprint density at radius 3 is 2.24 bits per heavy atom. The second-order valence-corrected chi connectivity index (χ2v) is 9.37. The SMILES string of the molecule is C[C@@H](c1ccc(-c2ccc(=O)n(C)n2)cc1)N(CC[C@H](CC(C)(C)O)c1ccccc1)C(=O)O. The number of aliphatic hydroxyl groups is 1. The van der Waals surface area contributed by atoms with Crippen molar-refractivity contribution in [2.24, 2.45) is 7.05 Å². The predicted octanol–water partition coefficient (Wildman–Crippen LogP) is 4.82. The van der Waals surface area contributed by atoms with Crippen LogP contribution in [0.15, 0.2) is 71.5 Å². The smallest absolute Gasteiger partial charge is 0.407 e. The lowest BCUT2D eigenvalue weighted by Crippen LogP contribution is -2.34. The zero-order valence-corrected chi connectivity index (χ0v) is 20.2. The lowest BCUT2D eigenvalue weighted by Gasteiger charge is -2.31. The van der Waals surface area contributed by atoms with Gasteiger partial charge in [0.25, 0.3) is 5.56 Å². The third kappa shape index (κ3) is 6.54. The fourth-order valence-corrected chi connectivity index (χ4v) is 4.23. The van der Waals surface area contributed by atoms with Crippen molar-refractivity contribution >= 4 is 6.09 Å². The van der Waals surface area contributed by atoms with Crippen molar-refractivity contribution in [3.05, 3.63) is 88.2 Å². The summed E-state index contributed by atoms with van der Waals surface area (Å²) in [6.07, 6.45) is 0.163. The first-order chi connectivity index (χ1) is 16.0. The molecule has 3 rings (SSSR count). The molecule has 0 unspecified atom stereocenters. The number of amides is 1. The molecule has 1 amide bonds. The fraction of sp³-hybridized carbons (Fsp3) is 0.370. The van der Waals surface area contributed by atoms with E-state index in [1.165, 1.54) is 15.6 Å². The van der Waals surface area contributed by atoms with Crippen molar-refractivity contribution in [1.29, 1.82) is 0 Å². The average Bonchev–Trinajstić information content (AvgIpc) is 2.80. The van der Waals surface area contributed by atoms with Gasteiger partial charge < -0.3 is 15.1 Å². The van der Waals surface area contributed by atoms with Crippen LogP contribution in [0.4, 0.5) is 4.79 Å². The van der Waals surface area contributed by atoms with Gasteiger partial charge in [0.2, 0.25) is 0 Å². The first-order valence-electron chi connectivity index (χ1n) is 11.5. The maximum absolute atomic E-state index is 12.1. The van der Waals surface area contributed by atoms with E-state index in [-0.39, 0.29) is 17.5 Å². The summed E-state index contributed by atoms with van der Waals surface area (Å²) in [5.41, 5.74) is 2.46. The highest BCUT2D eigenvalue weighted by atomic mass is 16.4. The summed E-state index contributed by atoms with van der Waals surface area (Å²) in [5.74, 6) is 0.0356. The summed E-state index contributed by atoms with van der Waals surface area (Å²) in [4.78, 5) is 25.2. The summed E-state index contributed by atoms with van der Waals surface area (Å²) < 4.78 is 1.29. The molecule has 7 heteroatoms. The zero-order valence-electron chi connectivity index (χ0n) is 20.2. The molecule has 0 aliphatic rings. The number of carbonyl (C=O) groups is 1. The van der Waals surface area contributed by atoms with E-state index < -0.39 is 11.7 Å². The van der Waals surface area contributed by atoms with E-state index >= 15 is 0 Å². The molecule has 180 valence electrons. The first kappa shape index (κ1) is 25.2. The van der Waals surface area contributed by atoms with Crippen LogP contribution >= 0.6 is 0 Å². The molecular weight excluding hydrogens is 430 g/mol. The van der Waals surface area contributed by atoms with Gasteiger partial charge in [-0.2, -0.15) is 5.10 Å². The highest BCUT2D eigenvalue weighted by Crippen LogP contribution is 2.31. The summed E-state index contributed by atoms with van der Waals surface area (Å²) in [5, 5.41) is 24.6. The first-order valence-corrected chi connectivity index (χ1v) is 11.5. The van der Waals surface area contributed by atoms with Crippen LogP contribution in [0.3, 0.4) is 0 Å². The molecule has 7 nitrogen and oxygen atoms in total. The average molecular weight is 464 g/mol. The number of carboxylic acid groups (broad SMARTS) is 1. The van der Waals surface area contributed by atoms with Gasteiger partial charge in [0.15, 0.2) is 0 Å². The molecule has 2 N–H and O–H groups in total. The minimum atomic E-state index is -0.980. The van der Waals surface area contributed by atoms with Crippen molar-refractivity contribution in [3.63, 3.8) is 0 Å². The summed E-state index contributed by atoms with van der Waals surface area (Å²) in [6.45, 7) is 5.78. The lowest BCUT2D eigenvalue weighted by molar-refractivity contribution is 0.0598. The highest BCUT2D eigenvalue weighted by Gasteiger charge is 2.26. The molecule has 3 aromatic rings. The van der Waals surface area contributed by atoms with E-state index in [2.05, 4.69) is 5.10 Å². The van der Waals surface area contributed by atoms with Crippen LogP contribution in [-0.2, 0) is 7.05 Å². The van der Waals surface area contributed by atoms with E-state index in [1.807, 2.05) is 61.5 Å². The standard InChI is InChI=1S/C27H33N3O4/c1-19(20-10-12-22(13-11-20)24-14-15-25(31)29(4)28-24)30(26(32)33)17-16-23(18-27(2,3)34)21-8-6-5-7-9-21/h5-15,19,23,34H,16-18H2,1-4H3,(H,32,33)/t19-,23+/m0/s1. The fourth-order valence-electron chi connectivity index (χ4n) is 4.23. The van der Waals surface area contributed by atoms with Crippen molar-refractivity contribution in [3.8, 4) is 11.3 Å². The molecule has 0 spiro atoms. The van der Waals surface area contributed by atoms with Gasteiger partial charge >= 0.3 is 6.09 Å². The van der Waals surface area contributed by atoms with Crippen LogP contribution < -0.4 is 5.56 Å². The normalized spacial score (nSPS) is 13.3. The van der Waals surface area contributed by atoms with Crippen LogP contribution in [0.25, 0.3) is 11.3 Å². The minimum absolute atomic E-state index is 0.0356. The van der Waals surface area contributed by atoms with Gasteiger partial charge in [0, 0.05) is 25.2 Å². The predicted molar refractivity (Wildman–Crippen MR) is 133 cm³/mol. The lowest BCUT2D eigenvalue weighted by atomic mass is 9.85. The Morgan fingerprint density at radius 2 is 1.68 bits per heavy atom. The second kappa shape index (κ2) is 10.7. The second-order valence-electron chi connectivity index (χ2n) is 9.37. The number of hydrogen-bond donors (Lipinski definition) is 2. The summed E-state index contributed by atoms with van der Waals surface area (Å²) in [7, 11) is 1.60. The molecule has 1 aromatic heterocycles. The van der Waals surface area contributed by atoms with E-state index in [0.717, 1.165) is 16.7 Å². The van der Waals surface area contributed by atoms with E-state index in [0.29, 0.717) is 25.1 Å². The quantitative estimate of drug-likeness (QED) is 0.474. The van der Waals surface area contributed by atoms with Gasteiger partial charge in [-0.1, -0.05) is 54.6 Å². The van der Waals surface area contributed by atoms with Crippen molar-refractivity contribution in [1.82, 2.24) is 14.7 Å². The van der Waals surface area contributed by atoms with Crippen LogP contribution in [0, 0.1) is 0 Å². The number of benzene rings is 2. The maximum Gasteiger partial charge on any atom is 0.407 e.